The van der Waals surface area contributed by atoms with Crippen LogP contribution in [0.4, 0.5) is 0 Å². The van der Waals surface area contributed by atoms with Gasteiger partial charge in [0, 0.05) is 12.8 Å². The van der Waals surface area contributed by atoms with Crippen LogP contribution in [0.15, 0.2) is 0 Å². The molecule has 4 bridgehead atoms. The van der Waals surface area contributed by atoms with E-state index in [2.05, 4.69) is 0 Å². The molecule has 10 atom stereocenters. The van der Waals surface area contributed by atoms with Crippen LogP contribution in [0.2, 0.25) is 0 Å². The van der Waals surface area contributed by atoms with Crippen LogP contribution in [0.3, 0.4) is 0 Å². The number of fused-ring (bicyclic) bond motifs is 4. The average molecular weight is 439 g/mol. The van der Waals surface area contributed by atoms with Crippen molar-refractivity contribution in [2.45, 2.75) is 50.2 Å². The molecule has 0 saturated heterocycles. The topological polar surface area (TPSA) is 26.3 Å². The largest absolute Gasteiger partial charge is 0.462 e. The number of ether oxygens (including phenoxy) is 1. The number of alkyl halides is 6. The van der Waals surface area contributed by atoms with Crippen molar-refractivity contribution < 1.29 is 9.53 Å². The van der Waals surface area contributed by atoms with Gasteiger partial charge in [-0.3, -0.25) is 4.79 Å². The lowest BCUT2D eigenvalue weighted by Gasteiger charge is -2.50. The first-order valence-electron chi connectivity index (χ1n) is 7.80. The Morgan fingerprint density at radius 3 is 2.30 bits per heavy atom. The fourth-order valence-corrected chi connectivity index (χ4v) is 11.0. The van der Waals surface area contributed by atoms with E-state index in [9.17, 15) is 4.79 Å². The van der Waals surface area contributed by atoms with E-state index in [-0.39, 0.29) is 41.7 Å². The predicted octanol–water partition coefficient (Wildman–Crippen LogP) is 4.56. The molecule has 2 nitrogen and oxygen atoms in total. The second kappa shape index (κ2) is 4.20. The van der Waals surface area contributed by atoms with Gasteiger partial charge in [-0.1, -0.05) is 23.2 Å². The maximum atomic E-state index is 11.6. The van der Waals surface area contributed by atoms with Crippen LogP contribution in [-0.4, -0.2) is 36.4 Å². The van der Waals surface area contributed by atoms with Gasteiger partial charge in [-0.15, -0.1) is 46.4 Å². The molecule has 8 heteroatoms. The summed E-state index contributed by atoms with van der Waals surface area (Å²) in [7, 11) is 0. The minimum atomic E-state index is -1.42. The maximum absolute atomic E-state index is 11.6. The number of esters is 1. The minimum absolute atomic E-state index is 0.00553. The molecule has 23 heavy (non-hydrogen) atoms. The van der Waals surface area contributed by atoms with Crippen molar-refractivity contribution in [2.75, 3.05) is 0 Å². The highest BCUT2D eigenvalue weighted by atomic mass is 35.5. The van der Waals surface area contributed by atoms with Crippen LogP contribution in [0.5, 0.6) is 0 Å². The number of carbonyl (C=O) groups excluding carboxylic acids is 1. The van der Waals surface area contributed by atoms with E-state index in [0.717, 1.165) is 12.8 Å². The van der Waals surface area contributed by atoms with E-state index in [4.69, 9.17) is 74.3 Å². The van der Waals surface area contributed by atoms with E-state index in [1.807, 2.05) is 0 Å². The lowest BCUT2D eigenvalue weighted by molar-refractivity contribution is -0.151. The van der Waals surface area contributed by atoms with Gasteiger partial charge in [0.15, 0.2) is 4.33 Å². The van der Waals surface area contributed by atoms with Gasteiger partial charge in [0.1, 0.15) is 15.9 Å². The van der Waals surface area contributed by atoms with Gasteiger partial charge < -0.3 is 4.74 Å². The summed E-state index contributed by atoms with van der Waals surface area (Å²) in [6, 6.07) is 0. The molecule has 5 aliphatic carbocycles. The zero-order chi connectivity index (χ0) is 16.7. The third kappa shape index (κ3) is 1.28. The summed E-state index contributed by atoms with van der Waals surface area (Å²) in [5.74, 6) is -0.0643. The van der Waals surface area contributed by atoms with Crippen molar-refractivity contribution >= 4 is 75.6 Å². The molecule has 0 aromatic carbocycles. The van der Waals surface area contributed by atoms with E-state index in [0.29, 0.717) is 0 Å². The molecule has 0 heterocycles. The summed E-state index contributed by atoms with van der Waals surface area (Å²) in [4.78, 5) is 8.36. The van der Waals surface area contributed by atoms with Crippen molar-refractivity contribution in [3.63, 3.8) is 0 Å². The average Bonchev–Trinajstić information content (AvgIpc) is 2.92. The van der Waals surface area contributed by atoms with Crippen LogP contribution >= 0.6 is 69.6 Å². The minimum Gasteiger partial charge on any atom is -0.462 e. The highest BCUT2D eigenvalue weighted by molar-refractivity contribution is 6.63. The van der Waals surface area contributed by atoms with Crippen LogP contribution < -0.4 is 0 Å². The van der Waals surface area contributed by atoms with E-state index in [1.54, 1.807) is 0 Å². The molecule has 0 aromatic rings. The first kappa shape index (κ1) is 16.4. The monoisotopic (exact) mass is 436 g/mol. The zero-order valence-electron chi connectivity index (χ0n) is 12.0. The van der Waals surface area contributed by atoms with Crippen molar-refractivity contribution in [3.05, 3.63) is 0 Å². The molecule has 0 N–H and O–H groups in total. The second-order valence-electron chi connectivity index (χ2n) is 7.81. The Kier molecular flexibility index (Phi) is 2.99. The molecule has 0 spiro atoms. The molecule has 0 aromatic heterocycles. The van der Waals surface area contributed by atoms with Gasteiger partial charge in [0.25, 0.3) is 0 Å². The Morgan fingerprint density at radius 2 is 1.70 bits per heavy atom. The molecule has 5 aliphatic rings. The molecule has 5 saturated carbocycles. The molecule has 0 amide bonds. The highest BCUT2D eigenvalue weighted by Gasteiger charge is 2.98. The fourth-order valence-electron chi connectivity index (χ4n) is 6.92. The summed E-state index contributed by atoms with van der Waals surface area (Å²) < 4.78 is 4.25. The Hall–Kier alpha value is 1.21. The first-order valence-corrected chi connectivity index (χ1v) is 10.1. The molecular weight excluding hydrogens is 425 g/mol. The molecule has 128 valence electrons. The molecule has 5 fully saturated rings. The van der Waals surface area contributed by atoms with Crippen LogP contribution in [0, 0.1) is 29.6 Å². The van der Waals surface area contributed by atoms with Gasteiger partial charge >= 0.3 is 5.97 Å². The van der Waals surface area contributed by atoms with Crippen LogP contribution in [-0.2, 0) is 9.53 Å². The molecule has 0 aliphatic heterocycles. The van der Waals surface area contributed by atoms with Gasteiger partial charge in [-0.25, -0.2) is 0 Å². The number of carbonyl (C=O) groups is 1. The smallest absolute Gasteiger partial charge is 0.302 e. The van der Waals surface area contributed by atoms with Crippen LogP contribution in [0.1, 0.15) is 19.8 Å². The Bertz CT molecular complexity index is 641. The Balaban J connectivity index is 1.77. The highest BCUT2D eigenvalue weighted by Crippen LogP contribution is 2.89. The lowest BCUT2D eigenvalue weighted by Crippen LogP contribution is -2.60. The molecule has 3 unspecified atom stereocenters. The Morgan fingerprint density at radius 1 is 1.04 bits per heavy atom. The maximum Gasteiger partial charge on any atom is 0.302 e. The van der Waals surface area contributed by atoms with Crippen LogP contribution in [0.25, 0.3) is 0 Å². The summed E-state index contributed by atoms with van der Waals surface area (Å²) in [5.41, 5.74) is 0. The lowest BCUT2D eigenvalue weighted by atomic mass is 9.66. The normalized spacial score (nSPS) is 66.3. The molecule has 0 radical (unpaired) electrons. The van der Waals surface area contributed by atoms with Gasteiger partial charge in [0.2, 0.25) is 0 Å². The van der Waals surface area contributed by atoms with Crippen molar-refractivity contribution in [1.29, 1.82) is 0 Å². The van der Waals surface area contributed by atoms with Crippen molar-refractivity contribution in [2.24, 2.45) is 29.6 Å². The quantitative estimate of drug-likeness (QED) is 0.443. The number of hydrogen-bond acceptors (Lipinski definition) is 2. The van der Waals surface area contributed by atoms with E-state index in [1.165, 1.54) is 6.92 Å². The third-order valence-corrected chi connectivity index (χ3v) is 12.3. The number of rotatable bonds is 1. The summed E-state index contributed by atoms with van der Waals surface area (Å²) in [6.45, 7) is 1.42. The summed E-state index contributed by atoms with van der Waals surface area (Å²) in [6.07, 6.45) is 1.39. The third-order valence-electron chi connectivity index (χ3n) is 7.33. The SMILES string of the molecule is CC(=O)O[C@H]1C2[C@H]3C[C@@H]1C[C@@H]1[C@H]3[C@]3(Cl)C2(Cl)C(Cl)[C@@]1(Cl)C3(Cl)Cl. The zero-order valence-corrected chi connectivity index (χ0v) is 16.6. The predicted molar refractivity (Wildman–Crippen MR) is 92.1 cm³/mol. The summed E-state index contributed by atoms with van der Waals surface area (Å²) in [5, 5.41) is -0.681. The van der Waals surface area contributed by atoms with Gasteiger partial charge in [-0.05, 0) is 36.5 Å². The fraction of sp³-hybridized carbons (Fsp3) is 0.933. The summed E-state index contributed by atoms with van der Waals surface area (Å²) >= 11 is 41.5. The van der Waals surface area contributed by atoms with Crippen molar-refractivity contribution in [1.82, 2.24) is 0 Å². The number of hydrogen-bond donors (Lipinski definition) is 0. The molecule has 5 rings (SSSR count). The molecular formula is C15H14Cl6O2. The van der Waals surface area contributed by atoms with Crippen molar-refractivity contribution in [3.8, 4) is 0 Å². The van der Waals surface area contributed by atoms with E-state index >= 15 is 0 Å². The van der Waals surface area contributed by atoms with Gasteiger partial charge in [-0.2, -0.15) is 0 Å². The Labute approximate surface area is 164 Å². The van der Waals surface area contributed by atoms with Gasteiger partial charge in [0.05, 0.1) is 10.3 Å². The first-order chi connectivity index (χ1) is 10.5. The number of halogens is 6. The second-order valence-corrected chi connectivity index (χ2v) is 11.4. The van der Waals surface area contributed by atoms with E-state index < -0.39 is 24.3 Å². The standard InChI is InChI=1S/C15H14Cl6O2/c1-4(22)23-10-5-2-6-8-7(3-5)12(17)11(16)13(18,9(6)10)14(8,19)15(12,20)21/h5-11H,2-3H2,1H3/t5-,6+,7-,8+,9?,10-,11?,12-,13?,14+/m1/s1.